The van der Waals surface area contributed by atoms with E-state index in [1.807, 2.05) is 32.0 Å². The third-order valence-corrected chi connectivity index (χ3v) is 3.46. The van der Waals surface area contributed by atoms with Gasteiger partial charge < -0.3 is 10.1 Å². The lowest BCUT2D eigenvalue weighted by atomic mass is 10.1. The van der Waals surface area contributed by atoms with E-state index < -0.39 is 0 Å². The highest BCUT2D eigenvalue weighted by atomic mass is 32.1. The van der Waals surface area contributed by atoms with Gasteiger partial charge in [-0.2, -0.15) is 0 Å². The van der Waals surface area contributed by atoms with E-state index in [1.165, 1.54) is 11.3 Å². The van der Waals surface area contributed by atoms with Crippen molar-refractivity contribution in [2.45, 2.75) is 20.8 Å². The van der Waals surface area contributed by atoms with Crippen LogP contribution in [0.15, 0.2) is 23.6 Å². The molecule has 0 unspecified atom stereocenters. The zero-order chi connectivity index (χ0) is 13.8. The molecule has 1 aromatic carbocycles. The van der Waals surface area contributed by atoms with Crippen molar-refractivity contribution in [3.8, 4) is 0 Å². The molecule has 0 radical (unpaired) electrons. The number of carbonyl (C=O) groups is 1. The number of anilines is 2. The van der Waals surface area contributed by atoms with Gasteiger partial charge in [0.05, 0.1) is 6.61 Å². The van der Waals surface area contributed by atoms with E-state index in [-0.39, 0.29) is 5.97 Å². The number of aromatic nitrogens is 1. The molecular weight excluding hydrogens is 260 g/mol. The summed E-state index contributed by atoms with van der Waals surface area (Å²) in [6.07, 6.45) is 0. The van der Waals surface area contributed by atoms with Crippen LogP contribution in [0.4, 0.5) is 10.8 Å². The lowest BCUT2D eigenvalue weighted by Gasteiger charge is -2.09. The number of para-hydroxylation sites is 1. The molecule has 0 aliphatic rings. The second kappa shape index (κ2) is 5.84. The first-order chi connectivity index (χ1) is 9.11. The standard InChI is InChI=1S/C14H16N2O2S/c1-4-18-13(17)11-8-19-14(15-11)16-12-9(2)6-5-7-10(12)3/h5-8H,4H2,1-3H3,(H,15,16). The zero-order valence-electron chi connectivity index (χ0n) is 11.2. The quantitative estimate of drug-likeness (QED) is 0.865. The number of rotatable bonds is 4. The zero-order valence-corrected chi connectivity index (χ0v) is 12.0. The summed E-state index contributed by atoms with van der Waals surface area (Å²) in [7, 11) is 0. The smallest absolute Gasteiger partial charge is 0.357 e. The normalized spacial score (nSPS) is 10.3. The Balaban J connectivity index is 2.18. The molecule has 2 aromatic rings. The van der Waals surface area contributed by atoms with E-state index in [2.05, 4.69) is 10.3 Å². The van der Waals surface area contributed by atoms with Crippen LogP contribution in [0.1, 0.15) is 28.5 Å². The van der Waals surface area contributed by atoms with Crippen molar-refractivity contribution in [1.82, 2.24) is 4.98 Å². The van der Waals surface area contributed by atoms with Crippen molar-refractivity contribution >= 4 is 28.1 Å². The van der Waals surface area contributed by atoms with Gasteiger partial charge in [0.25, 0.3) is 0 Å². The van der Waals surface area contributed by atoms with Crippen LogP contribution in [0.5, 0.6) is 0 Å². The average Bonchev–Trinajstić information content (AvgIpc) is 2.83. The summed E-state index contributed by atoms with van der Waals surface area (Å²) >= 11 is 1.39. The van der Waals surface area contributed by atoms with Crippen molar-refractivity contribution in [2.24, 2.45) is 0 Å². The van der Waals surface area contributed by atoms with Crippen molar-refractivity contribution < 1.29 is 9.53 Å². The highest BCUT2D eigenvalue weighted by Crippen LogP contribution is 2.26. The molecule has 1 heterocycles. The van der Waals surface area contributed by atoms with E-state index in [9.17, 15) is 4.79 Å². The molecule has 100 valence electrons. The maximum absolute atomic E-state index is 11.5. The Kier molecular flexibility index (Phi) is 4.16. The molecule has 0 aliphatic heterocycles. The van der Waals surface area contributed by atoms with Crippen LogP contribution in [0, 0.1) is 13.8 Å². The molecule has 0 aliphatic carbocycles. The number of thiazole rings is 1. The van der Waals surface area contributed by atoms with Gasteiger partial charge in [0.15, 0.2) is 10.8 Å². The average molecular weight is 276 g/mol. The first kappa shape index (κ1) is 13.5. The lowest BCUT2D eigenvalue weighted by Crippen LogP contribution is -2.05. The largest absolute Gasteiger partial charge is 0.461 e. The van der Waals surface area contributed by atoms with E-state index in [0.29, 0.717) is 17.4 Å². The Morgan fingerprint density at radius 1 is 1.37 bits per heavy atom. The van der Waals surface area contributed by atoms with Crippen LogP contribution in [0.25, 0.3) is 0 Å². The number of benzene rings is 1. The highest BCUT2D eigenvalue weighted by Gasteiger charge is 2.12. The molecule has 4 nitrogen and oxygen atoms in total. The first-order valence-corrected chi connectivity index (χ1v) is 6.95. The minimum Gasteiger partial charge on any atom is -0.461 e. The van der Waals surface area contributed by atoms with Crippen molar-refractivity contribution in [3.63, 3.8) is 0 Å². The van der Waals surface area contributed by atoms with E-state index in [4.69, 9.17) is 4.74 Å². The fourth-order valence-electron chi connectivity index (χ4n) is 1.75. The molecule has 0 bridgehead atoms. The summed E-state index contributed by atoms with van der Waals surface area (Å²) in [6.45, 7) is 6.21. The van der Waals surface area contributed by atoms with Crippen LogP contribution in [0.2, 0.25) is 0 Å². The molecule has 0 amide bonds. The Morgan fingerprint density at radius 2 is 2.05 bits per heavy atom. The molecule has 2 rings (SSSR count). The molecule has 19 heavy (non-hydrogen) atoms. The maximum atomic E-state index is 11.5. The Hall–Kier alpha value is -1.88. The van der Waals surface area contributed by atoms with E-state index in [0.717, 1.165) is 16.8 Å². The van der Waals surface area contributed by atoms with Crippen LogP contribution < -0.4 is 5.32 Å². The van der Waals surface area contributed by atoms with Gasteiger partial charge in [0.1, 0.15) is 0 Å². The van der Waals surface area contributed by atoms with Gasteiger partial charge in [0, 0.05) is 11.1 Å². The molecule has 0 spiro atoms. The number of esters is 1. The lowest BCUT2D eigenvalue weighted by molar-refractivity contribution is 0.0520. The SMILES string of the molecule is CCOC(=O)c1csc(Nc2c(C)cccc2C)n1. The predicted molar refractivity (Wildman–Crippen MR) is 77.3 cm³/mol. The molecule has 1 aromatic heterocycles. The molecule has 1 N–H and O–H groups in total. The summed E-state index contributed by atoms with van der Waals surface area (Å²) in [4.78, 5) is 15.8. The highest BCUT2D eigenvalue weighted by molar-refractivity contribution is 7.14. The van der Waals surface area contributed by atoms with Crippen molar-refractivity contribution in [1.29, 1.82) is 0 Å². The third kappa shape index (κ3) is 3.12. The number of hydrogen-bond donors (Lipinski definition) is 1. The summed E-state index contributed by atoms with van der Waals surface area (Å²) in [5, 5.41) is 5.65. The summed E-state index contributed by atoms with van der Waals surface area (Å²) in [5.74, 6) is -0.381. The van der Waals surface area contributed by atoms with Crippen LogP contribution in [-0.4, -0.2) is 17.6 Å². The fourth-order valence-corrected chi connectivity index (χ4v) is 2.43. The van der Waals surface area contributed by atoms with Crippen molar-refractivity contribution in [3.05, 3.63) is 40.4 Å². The summed E-state index contributed by atoms with van der Waals surface area (Å²) in [5.41, 5.74) is 3.67. The predicted octanol–water partition coefficient (Wildman–Crippen LogP) is 3.68. The first-order valence-electron chi connectivity index (χ1n) is 6.07. The van der Waals surface area contributed by atoms with Gasteiger partial charge >= 0.3 is 5.97 Å². The van der Waals surface area contributed by atoms with Crippen LogP contribution >= 0.6 is 11.3 Å². The fraction of sp³-hybridized carbons (Fsp3) is 0.286. The topological polar surface area (TPSA) is 51.2 Å². The van der Waals surface area contributed by atoms with Gasteiger partial charge in [-0.3, -0.25) is 0 Å². The van der Waals surface area contributed by atoms with Gasteiger partial charge in [0.2, 0.25) is 0 Å². The van der Waals surface area contributed by atoms with Gasteiger partial charge in [-0.1, -0.05) is 18.2 Å². The van der Waals surface area contributed by atoms with Crippen LogP contribution in [-0.2, 0) is 4.74 Å². The minimum atomic E-state index is -0.381. The molecule has 0 saturated carbocycles. The third-order valence-electron chi connectivity index (χ3n) is 2.70. The monoisotopic (exact) mass is 276 g/mol. The second-order valence-corrected chi connectivity index (χ2v) is 5.01. The number of nitrogens with one attached hydrogen (secondary N) is 1. The molecule has 0 fully saturated rings. The van der Waals surface area contributed by atoms with Crippen LogP contribution in [0.3, 0.4) is 0 Å². The van der Waals surface area contributed by atoms with Crippen molar-refractivity contribution in [2.75, 3.05) is 11.9 Å². The van der Waals surface area contributed by atoms with Gasteiger partial charge in [-0.15, -0.1) is 11.3 Å². The number of aryl methyl sites for hydroxylation is 2. The van der Waals surface area contributed by atoms with Gasteiger partial charge in [-0.05, 0) is 31.9 Å². The minimum absolute atomic E-state index is 0.348. The molecule has 0 atom stereocenters. The summed E-state index contributed by atoms with van der Waals surface area (Å²) in [6, 6.07) is 6.09. The van der Waals surface area contributed by atoms with E-state index >= 15 is 0 Å². The summed E-state index contributed by atoms with van der Waals surface area (Å²) < 4.78 is 4.92. The molecule has 5 heteroatoms. The van der Waals surface area contributed by atoms with E-state index in [1.54, 1.807) is 12.3 Å². The van der Waals surface area contributed by atoms with Gasteiger partial charge in [-0.25, -0.2) is 9.78 Å². The molecular formula is C14H16N2O2S. The number of nitrogens with zero attached hydrogens (tertiary/aromatic N) is 1. The maximum Gasteiger partial charge on any atom is 0.357 e. The molecule has 0 saturated heterocycles. The Morgan fingerprint density at radius 3 is 2.68 bits per heavy atom. The Bertz CT molecular complexity index is 573. The number of carbonyl (C=O) groups excluding carboxylic acids is 1. The number of hydrogen-bond acceptors (Lipinski definition) is 5. The number of ether oxygens (including phenoxy) is 1. The Labute approximate surface area is 116 Å². The second-order valence-electron chi connectivity index (χ2n) is 4.15.